The van der Waals surface area contributed by atoms with E-state index >= 15 is 0 Å². The average molecular weight is 331 g/mol. The van der Waals surface area contributed by atoms with E-state index in [1.54, 1.807) is 30.2 Å². The molecule has 0 unspecified atom stereocenters. The maximum absolute atomic E-state index is 12.6. The molecule has 1 heterocycles. The molecule has 7 nitrogen and oxygen atoms in total. The first-order valence-corrected chi connectivity index (χ1v) is 7.76. The number of nitriles is 1. The van der Waals surface area contributed by atoms with Gasteiger partial charge in [0.1, 0.15) is 6.42 Å². The van der Waals surface area contributed by atoms with Crippen molar-refractivity contribution in [1.82, 2.24) is 10.2 Å². The number of rotatable bonds is 5. The summed E-state index contributed by atoms with van der Waals surface area (Å²) in [5, 5.41) is 11.3. The van der Waals surface area contributed by atoms with Gasteiger partial charge in [0.15, 0.2) is 11.5 Å². The van der Waals surface area contributed by atoms with E-state index < -0.39 is 0 Å². The van der Waals surface area contributed by atoms with Gasteiger partial charge in [-0.15, -0.1) is 0 Å². The Morgan fingerprint density at radius 3 is 2.50 bits per heavy atom. The molecule has 0 atom stereocenters. The van der Waals surface area contributed by atoms with Crippen LogP contribution in [0.2, 0.25) is 0 Å². The van der Waals surface area contributed by atoms with Gasteiger partial charge in [0, 0.05) is 24.7 Å². The third-order valence-electron chi connectivity index (χ3n) is 4.02. The van der Waals surface area contributed by atoms with Crippen LogP contribution in [0.15, 0.2) is 18.2 Å². The van der Waals surface area contributed by atoms with Crippen molar-refractivity contribution in [2.45, 2.75) is 25.3 Å². The number of nitrogens with zero attached hydrogens (tertiary/aromatic N) is 2. The van der Waals surface area contributed by atoms with E-state index in [2.05, 4.69) is 5.32 Å². The third-order valence-corrected chi connectivity index (χ3v) is 4.02. The highest BCUT2D eigenvalue weighted by Crippen LogP contribution is 2.28. The van der Waals surface area contributed by atoms with E-state index in [4.69, 9.17) is 14.7 Å². The summed E-state index contributed by atoms with van der Waals surface area (Å²) in [6.45, 7) is 1.12. The molecule has 0 spiro atoms. The van der Waals surface area contributed by atoms with Gasteiger partial charge in [-0.05, 0) is 31.0 Å². The lowest BCUT2D eigenvalue weighted by molar-refractivity contribution is -0.121. The van der Waals surface area contributed by atoms with Crippen molar-refractivity contribution in [1.29, 1.82) is 5.26 Å². The molecule has 1 N–H and O–H groups in total. The fourth-order valence-corrected chi connectivity index (χ4v) is 2.73. The Morgan fingerprint density at radius 1 is 1.25 bits per heavy atom. The summed E-state index contributed by atoms with van der Waals surface area (Å²) >= 11 is 0. The predicted octanol–water partition coefficient (Wildman–Crippen LogP) is 1.34. The van der Waals surface area contributed by atoms with Crippen LogP contribution >= 0.6 is 0 Å². The van der Waals surface area contributed by atoms with Crippen molar-refractivity contribution in [2.24, 2.45) is 0 Å². The lowest BCUT2D eigenvalue weighted by Crippen LogP contribution is -2.46. The number of benzene rings is 1. The van der Waals surface area contributed by atoms with E-state index in [1.165, 1.54) is 7.11 Å². The largest absolute Gasteiger partial charge is 0.493 e. The van der Waals surface area contributed by atoms with E-state index in [-0.39, 0.29) is 24.3 Å². The average Bonchev–Trinajstić information content (AvgIpc) is 2.61. The number of amides is 2. The summed E-state index contributed by atoms with van der Waals surface area (Å²) in [6, 6.07) is 6.93. The molecular weight excluding hydrogens is 310 g/mol. The van der Waals surface area contributed by atoms with Gasteiger partial charge in [0.25, 0.3) is 5.91 Å². The van der Waals surface area contributed by atoms with Crippen molar-refractivity contribution in [3.05, 3.63) is 23.8 Å². The van der Waals surface area contributed by atoms with Gasteiger partial charge < -0.3 is 19.7 Å². The molecule has 0 radical (unpaired) electrons. The summed E-state index contributed by atoms with van der Waals surface area (Å²) in [4.78, 5) is 25.8. The highest BCUT2D eigenvalue weighted by atomic mass is 16.5. The van der Waals surface area contributed by atoms with Crippen molar-refractivity contribution in [3.8, 4) is 17.6 Å². The van der Waals surface area contributed by atoms with Gasteiger partial charge >= 0.3 is 0 Å². The molecule has 1 aliphatic heterocycles. The van der Waals surface area contributed by atoms with Gasteiger partial charge in [-0.2, -0.15) is 5.26 Å². The van der Waals surface area contributed by atoms with Crippen molar-refractivity contribution < 1.29 is 19.1 Å². The molecule has 7 heteroatoms. The summed E-state index contributed by atoms with van der Waals surface area (Å²) in [7, 11) is 3.08. The van der Waals surface area contributed by atoms with Crippen LogP contribution in [0.4, 0.5) is 0 Å². The molecule has 1 aliphatic rings. The molecule has 2 amide bonds. The SMILES string of the molecule is COc1ccc(C(=O)N2CCC(NC(=O)CC#N)CC2)cc1OC. The first kappa shape index (κ1) is 17.6. The first-order chi connectivity index (χ1) is 11.6. The molecule has 24 heavy (non-hydrogen) atoms. The molecule has 128 valence electrons. The molecule has 2 rings (SSSR count). The topological polar surface area (TPSA) is 91.7 Å². The van der Waals surface area contributed by atoms with Gasteiger partial charge in [0.2, 0.25) is 5.91 Å². The fourth-order valence-electron chi connectivity index (χ4n) is 2.73. The van der Waals surface area contributed by atoms with E-state index in [9.17, 15) is 9.59 Å². The summed E-state index contributed by atoms with van der Waals surface area (Å²) < 4.78 is 10.4. The smallest absolute Gasteiger partial charge is 0.253 e. The second kappa shape index (κ2) is 8.20. The molecule has 1 saturated heterocycles. The number of ether oxygens (including phenoxy) is 2. The molecular formula is C17H21N3O4. The monoisotopic (exact) mass is 331 g/mol. The minimum Gasteiger partial charge on any atom is -0.493 e. The van der Waals surface area contributed by atoms with Crippen LogP contribution in [0, 0.1) is 11.3 Å². The van der Waals surface area contributed by atoms with Crippen LogP contribution in [0.1, 0.15) is 29.6 Å². The maximum atomic E-state index is 12.6. The molecule has 1 aromatic carbocycles. The molecule has 1 aromatic rings. The van der Waals surface area contributed by atoms with E-state index in [0.29, 0.717) is 43.0 Å². The van der Waals surface area contributed by atoms with Crippen LogP contribution in [-0.4, -0.2) is 50.1 Å². The van der Waals surface area contributed by atoms with Gasteiger partial charge in [0.05, 0.1) is 20.3 Å². The van der Waals surface area contributed by atoms with E-state index in [1.807, 2.05) is 6.07 Å². The number of carbonyl (C=O) groups excluding carboxylic acids is 2. The number of hydrogen-bond donors (Lipinski definition) is 1. The highest BCUT2D eigenvalue weighted by molar-refractivity contribution is 5.95. The number of nitrogens with one attached hydrogen (secondary N) is 1. The number of likely N-dealkylation sites (tertiary alicyclic amines) is 1. The van der Waals surface area contributed by atoms with Gasteiger partial charge in [-0.3, -0.25) is 9.59 Å². The van der Waals surface area contributed by atoms with Crippen molar-refractivity contribution in [2.75, 3.05) is 27.3 Å². The lowest BCUT2D eigenvalue weighted by Gasteiger charge is -2.32. The molecule has 0 aromatic heterocycles. The maximum Gasteiger partial charge on any atom is 0.253 e. The van der Waals surface area contributed by atoms with Crippen LogP contribution in [-0.2, 0) is 4.79 Å². The fraction of sp³-hybridized carbons (Fsp3) is 0.471. The van der Waals surface area contributed by atoms with E-state index in [0.717, 1.165) is 0 Å². The third kappa shape index (κ3) is 4.16. The molecule has 0 bridgehead atoms. The first-order valence-electron chi connectivity index (χ1n) is 7.76. The zero-order valence-corrected chi connectivity index (χ0v) is 13.9. The minimum atomic E-state index is -0.262. The van der Waals surface area contributed by atoms with Crippen LogP contribution in [0.25, 0.3) is 0 Å². The molecule has 0 saturated carbocycles. The Balaban J connectivity index is 1.95. The Kier molecular flexibility index (Phi) is 6.01. The number of piperidine rings is 1. The normalized spacial score (nSPS) is 14.6. The predicted molar refractivity (Wildman–Crippen MR) is 86.8 cm³/mol. The van der Waals surface area contributed by atoms with Crippen molar-refractivity contribution >= 4 is 11.8 Å². The second-order valence-corrected chi connectivity index (χ2v) is 5.54. The Bertz CT molecular complexity index is 646. The van der Waals surface area contributed by atoms with Crippen LogP contribution in [0.3, 0.4) is 0 Å². The molecule has 1 fully saturated rings. The minimum absolute atomic E-state index is 0.0142. The quantitative estimate of drug-likeness (QED) is 0.879. The van der Waals surface area contributed by atoms with Crippen molar-refractivity contribution in [3.63, 3.8) is 0 Å². The summed E-state index contributed by atoms with van der Waals surface area (Å²) in [6.07, 6.45) is 1.22. The lowest BCUT2D eigenvalue weighted by atomic mass is 10.0. The number of carbonyl (C=O) groups is 2. The number of hydrogen-bond acceptors (Lipinski definition) is 5. The second-order valence-electron chi connectivity index (χ2n) is 5.54. The zero-order chi connectivity index (χ0) is 17.5. The highest BCUT2D eigenvalue weighted by Gasteiger charge is 2.25. The number of methoxy groups -OCH3 is 2. The van der Waals surface area contributed by atoms with Crippen LogP contribution < -0.4 is 14.8 Å². The standard InChI is InChI=1S/C17H21N3O4/c1-23-14-4-3-12(11-15(14)24-2)17(22)20-9-6-13(7-10-20)19-16(21)5-8-18/h3-4,11,13H,5-7,9-10H2,1-2H3,(H,19,21). The van der Waals surface area contributed by atoms with Gasteiger partial charge in [-0.25, -0.2) is 0 Å². The van der Waals surface area contributed by atoms with Crippen LogP contribution in [0.5, 0.6) is 11.5 Å². The summed E-state index contributed by atoms with van der Waals surface area (Å²) in [5.41, 5.74) is 0.541. The molecule has 0 aliphatic carbocycles. The summed E-state index contributed by atoms with van der Waals surface area (Å²) in [5.74, 6) is 0.759. The Labute approximate surface area is 141 Å². The Morgan fingerprint density at radius 2 is 1.92 bits per heavy atom. The Hall–Kier alpha value is -2.75. The van der Waals surface area contributed by atoms with Gasteiger partial charge in [-0.1, -0.05) is 0 Å². The zero-order valence-electron chi connectivity index (χ0n) is 13.9.